The second-order valence-corrected chi connectivity index (χ2v) is 5.17. The van der Waals surface area contributed by atoms with Crippen LogP contribution in [0.2, 0.25) is 0 Å². The molecule has 0 radical (unpaired) electrons. The molecule has 60 valence electrons. The van der Waals surface area contributed by atoms with Gasteiger partial charge in [0, 0.05) is 12.5 Å². The predicted octanol–water partition coefficient (Wildman–Crippen LogP) is 1.81. The summed E-state index contributed by atoms with van der Waals surface area (Å²) in [5.74, 6) is 0.539. The zero-order valence-corrected chi connectivity index (χ0v) is 8.10. The third kappa shape index (κ3) is 1.19. The molecule has 1 atom stereocenters. The average Bonchev–Trinajstić information content (AvgIpc) is 1.90. The molecule has 1 saturated carbocycles. The lowest BCUT2D eigenvalue weighted by molar-refractivity contribution is 0.158. The summed E-state index contributed by atoms with van der Waals surface area (Å²) < 4.78 is 0.356. The van der Waals surface area contributed by atoms with E-state index in [1.165, 1.54) is 12.8 Å². The molecule has 0 aromatic carbocycles. The van der Waals surface area contributed by atoms with Crippen LogP contribution in [-0.4, -0.2) is 28.3 Å². The minimum absolute atomic E-state index is 0.356. The molecule has 3 heteroatoms. The molecule has 1 nitrogen and oxygen atoms in total. The Balaban J connectivity index is 2.48. The quantitative estimate of drug-likeness (QED) is 0.666. The Hall–Kier alpha value is 0.660. The zero-order valence-electron chi connectivity index (χ0n) is 6.46. The fourth-order valence-corrected chi connectivity index (χ4v) is 3.80. The highest BCUT2D eigenvalue weighted by Gasteiger charge is 2.45. The highest BCUT2D eigenvalue weighted by atomic mass is 32.2. The van der Waals surface area contributed by atoms with Crippen LogP contribution in [-0.2, 0) is 0 Å². The summed E-state index contributed by atoms with van der Waals surface area (Å²) in [4.78, 5) is 0. The van der Waals surface area contributed by atoms with Gasteiger partial charge in [-0.25, -0.2) is 0 Å². The smallest absolute Gasteiger partial charge is 0.0655 e. The molecule has 0 aliphatic heterocycles. The Labute approximate surface area is 71.0 Å². The van der Waals surface area contributed by atoms with E-state index in [4.69, 9.17) is 5.11 Å². The molecule has 1 rings (SSSR count). The van der Waals surface area contributed by atoms with E-state index in [1.54, 1.807) is 0 Å². The molecule has 0 unspecified atom stereocenters. The lowest BCUT2D eigenvalue weighted by Crippen LogP contribution is -2.42. The van der Waals surface area contributed by atoms with Gasteiger partial charge in [0.15, 0.2) is 0 Å². The first-order chi connectivity index (χ1) is 4.79. The molecule has 0 bridgehead atoms. The van der Waals surface area contributed by atoms with E-state index < -0.39 is 0 Å². The highest BCUT2D eigenvalue weighted by Crippen LogP contribution is 2.54. The zero-order chi connectivity index (χ0) is 7.61. The number of hydrogen-bond donors (Lipinski definition) is 1. The Kier molecular flexibility index (Phi) is 2.95. The van der Waals surface area contributed by atoms with Gasteiger partial charge in [-0.05, 0) is 25.4 Å². The lowest BCUT2D eigenvalue weighted by atomic mass is 9.84. The summed E-state index contributed by atoms with van der Waals surface area (Å²) in [6.45, 7) is 0.363. The van der Waals surface area contributed by atoms with Crippen molar-refractivity contribution in [2.45, 2.75) is 16.9 Å². The summed E-state index contributed by atoms with van der Waals surface area (Å²) in [6.07, 6.45) is 6.75. The first-order valence-electron chi connectivity index (χ1n) is 3.50. The van der Waals surface area contributed by atoms with Gasteiger partial charge in [-0.3, -0.25) is 0 Å². The van der Waals surface area contributed by atoms with E-state index in [9.17, 15) is 0 Å². The van der Waals surface area contributed by atoms with E-state index in [-0.39, 0.29) is 0 Å². The third-order valence-electron chi connectivity index (χ3n) is 2.37. The molecule has 0 heterocycles. The lowest BCUT2D eigenvalue weighted by Gasteiger charge is -2.46. The van der Waals surface area contributed by atoms with Crippen molar-refractivity contribution in [3.05, 3.63) is 0 Å². The van der Waals surface area contributed by atoms with Crippen molar-refractivity contribution in [1.82, 2.24) is 0 Å². The SMILES string of the molecule is CSC1(SC)CC[C@@H]1CO. The minimum Gasteiger partial charge on any atom is -0.396 e. The van der Waals surface area contributed by atoms with Crippen molar-refractivity contribution < 1.29 is 5.11 Å². The van der Waals surface area contributed by atoms with Gasteiger partial charge < -0.3 is 5.11 Å². The van der Waals surface area contributed by atoms with Gasteiger partial charge in [0.05, 0.1) is 4.08 Å². The van der Waals surface area contributed by atoms with Crippen LogP contribution in [0.25, 0.3) is 0 Å². The van der Waals surface area contributed by atoms with E-state index in [2.05, 4.69) is 12.5 Å². The molecule has 1 fully saturated rings. The van der Waals surface area contributed by atoms with Gasteiger partial charge in [0.1, 0.15) is 0 Å². The standard InChI is InChI=1S/C7H14OS2/c1-9-7(10-2)4-3-6(7)5-8/h6,8H,3-5H2,1-2H3/t6-/m1/s1. The van der Waals surface area contributed by atoms with Crippen LogP contribution < -0.4 is 0 Å². The predicted molar refractivity (Wildman–Crippen MR) is 49.6 cm³/mol. The molecule has 1 aliphatic rings. The fourth-order valence-electron chi connectivity index (χ4n) is 1.44. The molecule has 10 heavy (non-hydrogen) atoms. The summed E-state index contributed by atoms with van der Waals surface area (Å²) >= 11 is 3.79. The Morgan fingerprint density at radius 1 is 1.50 bits per heavy atom. The topological polar surface area (TPSA) is 20.2 Å². The van der Waals surface area contributed by atoms with Gasteiger partial charge in [0.2, 0.25) is 0 Å². The molecule has 1 aliphatic carbocycles. The first-order valence-corrected chi connectivity index (χ1v) is 5.95. The number of rotatable bonds is 3. The van der Waals surface area contributed by atoms with Crippen LogP contribution in [0.5, 0.6) is 0 Å². The fraction of sp³-hybridized carbons (Fsp3) is 1.00. The summed E-state index contributed by atoms with van der Waals surface area (Å²) in [5.41, 5.74) is 0. The van der Waals surface area contributed by atoms with Gasteiger partial charge in [-0.1, -0.05) is 0 Å². The van der Waals surface area contributed by atoms with Crippen molar-refractivity contribution in [1.29, 1.82) is 0 Å². The molecule has 0 spiro atoms. The van der Waals surface area contributed by atoms with Crippen molar-refractivity contribution >= 4 is 23.5 Å². The Morgan fingerprint density at radius 3 is 2.20 bits per heavy atom. The molecular formula is C7H14OS2. The number of hydrogen-bond acceptors (Lipinski definition) is 3. The van der Waals surface area contributed by atoms with Crippen LogP contribution in [0.4, 0.5) is 0 Å². The normalized spacial score (nSPS) is 29.7. The number of aliphatic hydroxyl groups excluding tert-OH is 1. The maximum absolute atomic E-state index is 8.96. The van der Waals surface area contributed by atoms with Crippen LogP contribution in [0.1, 0.15) is 12.8 Å². The molecule has 0 amide bonds. The van der Waals surface area contributed by atoms with Crippen LogP contribution >= 0.6 is 23.5 Å². The van der Waals surface area contributed by atoms with Crippen molar-refractivity contribution in [3.63, 3.8) is 0 Å². The van der Waals surface area contributed by atoms with E-state index in [0.29, 0.717) is 16.6 Å². The van der Waals surface area contributed by atoms with Gasteiger partial charge in [0.25, 0.3) is 0 Å². The Morgan fingerprint density at radius 2 is 2.10 bits per heavy atom. The molecule has 0 aromatic rings. The monoisotopic (exact) mass is 178 g/mol. The summed E-state index contributed by atoms with van der Waals surface area (Å²) in [5, 5.41) is 8.96. The summed E-state index contributed by atoms with van der Waals surface area (Å²) in [6, 6.07) is 0. The molecule has 1 N–H and O–H groups in total. The largest absolute Gasteiger partial charge is 0.396 e. The first kappa shape index (κ1) is 8.75. The highest BCUT2D eigenvalue weighted by molar-refractivity contribution is 8.17. The number of aliphatic hydroxyl groups is 1. The maximum atomic E-state index is 8.96. The van der Waals surface area contributed by atoms with Crippen molar-refractivity contribution in [3.8, 4) is 0 Å². The van der Waals surface area contributed by atoms with E-state index >= 15 is 0 Å². The van der Waals surface area contributed by atoms with Crippen LogP contribution in [0.3, 0.4) is 0 Å². The maximum Gasteiger partial charge on any atom is 0.0655 e. The molecule has 0 aromatic heterocycles. The number of thioether (sulfide) groups is 2. The second-order valence-electron chi connectivity index (χ2n) is 2.64. The average molecular weight is 178 g/mol. The minimum atomic E-state index is 0.356. The Bertz CT molecular complexity index is 105. The van der Waals surface area contributed by atoms with Gasteiger partial charge in [-0.2, -0.15) is 0 Å². The molecular weight excluding hydrogens is 164 g/mol. The third-order valence-corrected chi connectivity index (χ3v) is 5.83. The van der Waals surface area contributed by atoms with Gasteiger partial charge >= 0.3 is 0 Å². The molecule has 0 saturated heterocycles. The van der Waals surface area contributed by atoms with Gasteiger partial charge in [-0.15, -0.1) is 23.5 Å². The van der Waals surface area contributed by atoms with Crippen molar-refractivity contribution in [2.24, 2.45) is 5.92 Å². The van der Waals surface area contributed by atoms with E-state index in [1.807, 2.05) is 23.5 Å². The van der Waals surface area contributed by atoms with Crippen LogP contribution in [0, 0.1) is 5.92 Å². The second kappa shape index (κ2) is 3.37. The van der Waals surface area contributed by atoms with Crippen molar-refractivity contribution in [2.75, 3.05) is 19.1 Å². The summed E-state index contributed by atoms with van der Waals surface area (Å²) in [7, 11) is 0. The van der Waals surface area contributed by atoms with Crippen LogP contribution in [0.15, 0.2) is 0 Å². The van der Waals surface area contributed by atoms with E-state index in [0.717, 1.165) is 0 Å².